The fourth-order valence-electron chi connectivity index (χ4n) is 4.68. The van der Waals surface area contributed by atoms with Crippen LogP contribution in [0.25, 0.3) is 34.5 Å². The van der Waals surface area contributed by atoms with E-state index in [2.05, 4.69) is 0 Å². The maximum Gasteiger partial charge on any atom is 0.497 e. The molecule has 7 nitrogen and oxygen atoms in total. The molecule has 4 aromatic carbocycles. The first-order chi connectivity index (χ1) is 22.2. The van der Waals surface area contributed by atoms with Gasteiger partial charge in [-0.25, -0.2) is 18.2 Å². The van der Waals surface area contributed by atoms with Gasteiger partial charge in [-0.15, -0.1) is 0 Å². The zero-order chi connectivity index (χ0) is 33.9. The average molecular weight is 702 g/mol. The summed E-state index contributed by atoms with van der Waals surface area (Å²) < 4.78 is 69.3. The number of carboxylic acids is 1. The van der Waals surface area contributed by atoms with E-state index in [9.17, 15) is 31.5 Å². The number of aryl methyl sites for hydroxylation is 1. The van der Waals surface area contributed by atoms with Gasteiger partial charge in [0.2, 0.25) is 0 Å². The molecule has 47 heavy (non-hydrogen) atoms. The quantitative estimate of drug-likeness (QED) is 0.156. The number of rotatable bonds is 10. The fourth-order valence-corrected chi connectivity index (χ4v) is 6.01. The number of nitrogens with zero attached hydrogens (tertiary/aromatic N) is 2. The molecule has 0 aliphatic heterocycles. The third-order valence-electron chi connectivity index (χ3n) is 7.12. The second kappa shape index (κ2) is 13.6. The number of aromatic nitrogens is 2. The molecule has 0 radical (unpaired) electrons. The van der Waals surface area contributed by atoms with Crippen LogP contribution in [0, 0.1) is 0 Å². The summed E-state index contributed by atoms with van der Waals surface area (Å²) in [6.07, 6.45) is 5.82. The van der Waals surface area contributed by atoms with Gasteiger partial charge in [0.15, 0.2) is 0 Å². The first-order valence-electron chi connectivity index (χ1n) is 14.0. The summed E-state index contributed by atoms with van der Waals surface area (Å²) in [6, 6.07) is 23.2. The average Bonchev–Trinajstić information content (AvgIpc) is 3.43. The van der Waals surface area contributed by atoms with Crippen molar-refractivity contribution in [2.45, 2.75) is 24.7 Å². The van der Waals surface area contributed by atoms with Crippen LogP contribution < -0.4 is 4.74 Å². The van der Waals surface area contributed by atoms with Gasteiger partial charge in [0.1, 0.15) is 17.3 Å². The predicted molar refractivity (Wildman–Crippen MR) is 176 cm³/mol. The SMILES string of the molecule is CCn1cc(-c2ccc(Cl)cc2Cl)nc1/C=C/c1ccc(-c2ccc(Oc3ccc(CS(=O)(=O)C(F)(F)F)c(C(=O)O)c3)cc2)cc1. The number of carbonyl (C=O) groups is 1. The van der Waals surface area contributed by atoms with Gasteiger partial charge < -0.3 is 14.4 Å². The lowest BCUT2D eigenvalue weighted by Crippen LogP contribution is -2.25. The summed E-state index contributed by atoms with van der Waals surface area (Å²) in [5.74, 6) is -1.95. The van der Waals surface area contributed by atoms with Crippen molar-refractivity contribution < 1.29 is 36.2 Å². The molecule has 0 aliphatic carbocycles. The summed E-state index contributed by atoms with van der Waals surface area (Å²) in [4.78, 5) is 16.4. The van der Waals surface area contributed by atoms with Gasteiger partial charge in [-0.3, -0.25) is 0 Å². The van der Waals surface area contributed by atoms with Crippen molar-refractivity contribution in [2.24, 2.45) is 0 Å². The summed E-state index contributed by atoms with van der Waals surface area (Å²) in [7, 11) is -5.56. The largest absolute Gasteiger partial charge is 0.497 e. The van der Waals surface area contributed by atoms with E-state index < -0.39 is 38.2 Å². The van der Waals surface area contributed by atoms with Crippen LogP contribution in [-0.2, 0) is 22.1 Å². The van der Waals surface area contributed by atoms with E-state index in [0.717, 1.165) is 52.4 Å². The molecule has 0 bridgehead atoms. The van der Waals surface area contributed by atoms with Gasteiger partial charge in [0, 0.05) is 23.3 Å². The molecule has 1 N–H and O–H groups in total. The molecule has 0 fully saturated rings. The van der Waals surface area contributed by atoms with Crippen LogP contribution in [-0.4, -0.2) is 34.6 Å². The predicted octanol–water partition coefficient (Wildman–Crippen LogP) is 9.64. The van der Waals surface area contributed by atoms with Crippen LogP contribution in [0.5, 0.6) is 11.5 Å². The summed E-state index contributed by atoms with van der Waals surface area (Å²) in [5.41, 5.74) is -2.33. The van der Waals surface area contributed by atoms with E-state index in [-0.39, 0.29) is 5.75 Å². The molecule has 0 saturated carbocycles. The molecular weight excluding hydrogens is 676 g/mol. The van der Waals surface area contributed by atoms with Crippen LogP contribution >= 0.6 is 23.2 Å². The number of aromatic carboxylic acids is 1. The third kappa shape index (κ3) is 7.87. The Morgan fingerprint density at radius 2 is 1.55 bits per heavy atom. The first-order valence-corrected chi connectivity index (χ1v) is 16.4. The highest BCUT2D eigenvalue weighted by molar-refractivity contribution is 7.91. The molecule has 5 rings (SSSR count). The van der Waals surface area contributed by atoms with E-state index in [4.69, 9.17) is 32.9 Å². The zero-order valence-electron chi connectivity index (χ0n) is 24.5. The Bertz CT molecular complexity index is 2080. The minimum Gasteiger partial charge on any atom is -0.478 e. The van der Waals surface area contributed by atoms with Gasteiger partial charge in [-0.05, 0) is 77.7 Å². The fraction of sp³-hybridized carbons (Fsp3) is 0.118. The highest BCUT2D eigenvalue weighted by Gasteiger charge is 2.45. The number of hydrogen-bond donors (Lipinski definition) is 1. The highest BCUT2D eigenvalue weighted by Crippen LogP contribution is 2.32. The van der Waals surface area contributed by atoms with Gasteiger partial charge in [-0.2, -0.15) is 13.2 Å². The standard InChI is InChI=1S/C34H25Cl2F3N2O5S/c1-2-41-19-31(28-15-11-25(35)17-30(28)36)40-32(41)16-5-21-3-6-22(7-4-21)23-8-12-26(13-9-23)46-27-14-10-24(29(18-27)33(42)43)20-47(44,45)34(37,38)39/h3-19H,2,20H2,1H3,(H,42,43)/b16-5+. The Balaban J connectivity index is 1.27. The monoisotopic (exact) mass is 700 g/mol. The molecule has 13 heteroatoms. The third-order valence-corrected chi connectivity index (χ3v) is 9.07. The van der Waals surface area contributed by atoms with Crippen molar-refractivity contribution >= 4 is 51.2 Å². The van der Waals surface area contributed by atoms with Crippen LogP contribution in [0.1, 0.15) is 34.2 Å². The number of carboxylic acid groups (broad SMARTS) is 1. The lowest BCUT2D eigenvalue weighted by atomic mass is 10.0. The minimum absolute atomic E-state index is 0.0199. The van der Waals surface area contributed by atoms with Gasteiger partial charge in [-0.1, -0.05) is 71.7 Å². The Morgan fingerprint density at radius 3 is 2.15 bits per heavy atom. The number of ether oxygens (including phenoxy) is 1. The molecule has 0 aliphatic rings. The lowest BCUT2D eigenvalue weighted by molar-refractivity contribution is -0.0437. The van der Waals surface area contributed by atoms with Gasteiger partial charge in [0.25, 0.3) is 9.84 Å². The Hall–Kier alpha value is -4.58. The number of benzene rings is 4. The molecule has 5 aromatic rings. The summed E-state index contributed by atoms with van der Waals surface area (Å²) in [6.45, 7) is 2.74. The van der Waals surface area contributed by atoms with E-state index >= 15 is 0 Å². The number of halogens is 5. The summed E-state index contributed by atoms with van der Waals surface area (Å²) >= 11 is 12.4. The maximum atomic E-state index is 12.8. The van der Waals surface area contributed by atoms with Gasteiger partial charge in [0.05, 0.1) is 22.0 Å². The first kappa shape index (κ1) is 33.8. The van der Waals surface area contributed by atoms with Crippen LogP contribution in [0.15, 0.2) is 91.1 Å². The smallest absolute Gasteiger partial charge is 0.478 e. The van der Waals surface area contributed by atoms with E-state index in [1.807, 2.05) is 60.2 Å². The van der Waals surface area contributed by atoms with E-state index in [1.165, 1.54) is 6.07 Å². The number of hydrogen-bond acceptors (Lipinski definition) is 5. The Labute approximate surface area is 278 Å². The van der Waals surface area contributed by atoms with Crippen LogP contribution in [0.3, 0.4) is 0 Å². The molecule has 1 heterocycles. The zero-order valence-corrected chi connectivity index (χ0v) is 26.8. The second-order valence-corrected chi connectivity index (χ2v) is 13.1. The van der Waals surface area contributed by atoms with Crippen LogP contribution in [0.2, 0.25) is 10.0 Å². The second-order valence-electron chi connectivity index (χ2n) is 10.3. The number of imidazole rings is 1. The number of alkyl halides is 3. The van der Waals surface area contributed by atoms with Crippen LogP contribution in [0.4, 0.5) is 13.2 Å². The Kier molecular flexibility index (Phi) is 9.81. The van der Waals surface area contributed by atoms with Crippen molar-refractivity contribution in [1.29, 1.82) is 0 Å². The molecule has 0 amide bonds. The van der Waals surface area contributed by atoms with Crippen molar-refractivity contribution in [3.63, 3.8) is 0 Å². The highest BCUT2D eigenvalue weighted by atomic mass is 35.5. The normalized spacial score (nSPS) is 12.0. The molecule has 0 spiro atoms. The van der Waals surface area contributed by atoms with Crippen molar-refractivity contribution in [3.8, 4) is 33.9 Å². The number of sulfone groups is 1. The summed E-state index contributed by atoms with van der Waals surface area (Å²) in [5, 5.41) is 10.5. The maximum absolute atomic E-state index is 12.8. The van der Waals surface area contributed by atoms with E-state index in [1.54, 1.807) is 36.4 Å². The van der Waals surface area contributed by atoms with Crippen molar-refractivity contribution in [3.05, 3.63) is 124 Å². The minimum atomic E-state index is -5.56. The molecular formula is C34H25Cl2F3N2O5S. The molecule has 1 aromatic heterocycles. The topological polar surface area (TPSA) is 98.5 Å². The van der Waals surface area contributed by atoms with E-state index in [0.29, 0.717) is 15.8 Å². The van der Waals surface area contributed by atoms with Crippen molar-refractivity contribution in [1.82, 2.24) is 9.55 Å². The molecule has 242 valence electrons. The Morgan fingerprint density at radius 1 is 0.915 bits per heavy atom. The molecule has 0 saturated heterocycles. The van der Waals surface area contributed by atoms with Gasteiger partial charge >= 0.3 is 11.5 Å². The molecule has 0 atom stereocenters. The lowest BCUT2D eigenvalue weighted by Gasteiger charge is -2.12. The molecule has 0 unspecified atom stereocenters. The van der Waals surface area contributed by atoms with Crippen molar-refractivity contribution in [2.75, 3.05) is 0 Å².